The summed E-state index contributed by atoms with van der Waals surface area (Å²) in [6.07, 6.45) is 0. The lowest BCUT2D eigenvalue weighted by molar-refractivity contribution is 0.0463. The Morgan fingerprint density at radius 3 is 2.33 bits per heavy atom. The monoisotopic (exact) mass is 460 g/mol. The molecule has 3 aromatic carbocycles. The number of thiazole rings is 1. The molecular formula is C26H21FN2O3S. The van der Waals surface area contributed by atoms with Crippen LogP contribution in [-0.4, -0.2) is 28.8 Å². The van der Waals surface area contributed by atoms with Gasteiger partial charge in [-0.05, 0) is 42.0 Å². The van der Waals surface area contributed by atoms with Crippen LogP contribution in [0.2, 0.25) is 0 Å². The maximum Gasteiger partial charge on any atom is 0.339 e. The Bertz CT molecular complexity index is 1260. The topological polar surface area (TPSA) is 59.5 Å². The molecule has 0 unspecified atom stereocenters. The number of carbonyl (C=O) groups is 2. The Hall–Kier alpha value is -3.84. The highest BCUT2D eigenvalue weighted by Gasteiger charge is 2.21. The molecule has 5 nitrogen and oxygen atoms in total. The smallest absolute Gasteiger partial charge is 0.339 e. The zero-order chi connectivity index (χ0) is 23.2. The zero-order valence-electron chi connectivity index (χ0n) is 17.9. The van der Waals surface area contributed by atoms with Gasteiger partial charge in [0.25, 0.3) is 5.91 Å². The molecule has 0 saturated heterocycles. The summed E-state index contributed by atoms with van der Waals surface area (Å²) in [4.78, 5) is 31.8. The molecule has 1 aromatic heterocycles. The van der Waals surface area contributed by atoms with Gasteiger partial charge < -0.3 is 9.64 Å². The van der Waals surface area contributed by atoms with E-state index in [1.165, 1.54) is 23.5 Å². The molecule has 4 rings (SSSR count). The predicted molar refractivity (Wildman–Crippen MR) is 125 cm³/mol. The van der Waals surface area contributed by atoms with E-state index in [0.717, 1.165) is 11.1 Å². The van der Waals surface area contributed by atoms with Crippen molar-refractivity contribution in [3.63, 3.8) is 0 Å². The van der Waals surface area contributed by atoms with Crippen LogP contribution in [0.5, 0.6) is 0 Å². The van der Waals surface area contributed by atoms with Crippen LogP contribution < -0.4 is 0 Å². The third-order valence-corrected chi connectivity index (χ3v) is 5.92. The average molecular weight is 461 g/mol. The summed E-state index contributed by atoms with van der Waals surface area (Å²) in [6, 6.07) is 22.3. The zero-order valence-corrected chi connectivity index (χ0v) is 18.7. The highest BCUT2D eigenvalue weighted by atomic mass is 32.1. The lowest BCUT2D eigenvalue weighted by Crippen LogP contribution is -2.28. The molecule has 0 aliphatic rings. The SMILES string of the molecule is CN(Cc1ccccc1)C(=O)c1ccccc1C(=O)OCc1csc(-c2ccc(F)cc2)n1. The van der Waals surface area contributed by atoms with Gasteiger partial charge in [-0.2, -0.15) is 0 Å². The molecule has 0 fully saturated rings. The second-order valence-corrected chi connectivity index (χ2v) is 8.28. The summed E-state index contributed by atoms with van der Waals surface area (Å²) in [5.41, 5.74) is 2.85. The number of amides is 1. The molecule has 0 saturated carbocycles. The molecule has 33 heavy (non-hydrogen) atoms. The molecule has 0 atom stereocenters. The molecule has 166 valence electrons. The van der Waals surface area contributed by atoms with E-state index in [4.69, 9.17) is 4.74 Å². The van der Waals surface area contributed by atoms with Crippen molar-refractivity contribution in [2.24, 2.45) is 0 Å². The largest absolute Gasteiger partial charge is 0.456 e. The van der Waals surface area contributed by atoms with Crippen LogP contribution in [-0.2, 0) is 17.9 Å². The van der Waals surface area contributed by atoms with Gasteiger partial charge >= 0.3 is 5.97 Å². The van der Waals surface area contributed by atoms with Gasteiger partial charge in [0.1, 0.15) is 17.4 Å². The first-order valence-electron chi connectivity index (χ1n) is 10.3. The number of benzene rings is 3. The number of carbonyl (C=O) groups excluding carboxylic acids is 2. The number of ether oxygens (including phenoxy) is 1. The molecule has 0 radical (unpaired) electrons. The Morgan fingerprint density at radius 1 is 0.939 bits per heavy atom. The summed E-state index contributed by atoms with van der Waals surface area (Å²) in [6.45, 7) is 0.396. The molecule has 0 N–H and O–H groups in total. The molecule has 4 aromatic rings. The number of esters is 1. The van der Waals surface area contributed by atoms with E-state index in [1.807, 2.05) is 30.3 Å². The van der Waals surface area contributed by atoms with E-state index in [-0.39, 0.29) is 29.5 Å². The van der Waals surface area contributed by atoms with Crippen LogP contribution >= 0.6 is 11.3 Å². The van der Waals surface area contributed by atoms with E-state index in [2.05, 4.69) is 4.98 Å². The Labute approximate surface area is 195 Å². The first-order chi connectivity index (χ1) is 16.0. The molecule has 1 amide bonds. The first kappa shape index (κ1) is 22.4. The standard InChI is InChI=1S/C26H21FN2O3S/c1-29(15-18-7-3-2-4-8-18)25(30)22-9-5-6-10-23(22)26(31)32-16-21-17-33-24(28-21)19-11-13-20(27)14-12-19/h2-14,17H,15-16H2,1H3. The highest BCUT2D eigenvalue weighted by molar-refractivity contribution is 7.13. The highest BCUT2D eigenvalue weighted by Crippen LogP contribution is 2.24. The van der Waals surface area contributed by atoms with E-state index in [9.17, 15) is 14.0 Å². The molecule has 7 heteroatoms. The number of rotatable bonds is 7. The maximum atomic E-state index is 13.1. The maximum absolute atomic E-state index is 13.1. The van der Waals surface area contributed by atoms with Gasteiger partial charge in [-0.15, -0.1) is 11.3 Å². The number of nitrogens with zero attached hydrogens (tertiary/aromatic N) is 2. The summed E-state index contributed by atoms with van der Waals surface area (Å²) >= 11 is 1.38. The van der Waals surface area contributed by atoms with E-state index in [1.54, 1.807) is 53.7 Å². The Balaban J connectivity index is 1.43. The predicted octanol–water partition coefficient (Wildman–Crippen LogP) is 5.58. The van der Waals surface area contributed by atoms with Crippen LogP contribution in [0.4, 0.5) is 4.39 Å². The molecular weight excluding hydrogens is 439 g/mol. The van der Waals surface area contributed by atoms with Crippen molar-refractivity contribution in [2.45, 2.75) is 13.2 Å². The number of hydrogen-bond donors (Lipinski definition) is 0. The Kier molecular flexibility index (Phi) is 6.90. The van der Waals surface area contributed by atoms with Crippen molar-refractivity contribution in [1.82, 2.24) is 9.88 Å². The fourth-order valence-electron chi connectivity index (χ4n) is 3.30. The summed E-state index contributed by atoms with van der Waals surface area (Å²) < 4.78 is 18.6. The van der Waals surface area contributed by atoms with Crippen molar-refractivity contribution in [1.29, 1.82) is 0 Å². The molecule has 0 spiro atoms. The minimum atomic E-state index is -0.594. The molecule has 1 heterocycles. The van der Waals surface area contributed by atoms with Gasteiger partial charge in [-0.1, -0.05) is 42.5 Å². The van der Waals surface area contributed by atoms with Gasteiger partial charge in [0.05, 0.1) is 16.8 Å². The number of aromatic nitrogens is 1. The quantitative estimate of drug-likeness (QED) is 0.338. The van der Waals surface area contributed by atoms with E-state index in [0.29, 0.717) is 17.2 Å². The van der Waals surface area contributed by atoms with Crippen LogP contribution in [0.3, 0.4) is 0 Å². The summed E-state index contributed by atoms with van der Waals surface area (Å²) in [5, 5.41) is 2.50. The van der Waals surface area contributed by atoms with Gasteiger partial charge in [0, 0.05) is 24.5 Å². The molecule has 0 aliphatic carbocycles. The van der Waals surface area contributed by atoms with Crippen molar-refractivity contribution >= 4 is 23.2 Å². The summed E-state index contributed by atoms with van der Waals surface area (Å²) in [7, 11) is 1.70. The van der Waals surface area contributed by atoms with Crippen LogP contribution in [0.1, 0.15) is 32.0 Å². The minimum absolute atomic E-state index is 0.0289. The van der Waals surface area contributed by atoms with Crippen molar-refractivity contribution in [3.05, 3.63) is 112 Å². The third-order valence-electron chi connectivity index (χ3n) is 4.98. The van der Waals surface area contributed by atoms with Crippen LogP contribution in [0, 0.1) is 5.82 Å². The van der Waals surface area contributed by atoms with Crippen molar-refractivity contribution in [2.75, 3.05) is 7.05 Å². The van der Waals surface area contributed by atoms with Crippen LogP contribution in [0.25, 0.3) is 10.6 Å². The fourth-order valence-corrected chi connectivity index (χ4v) is 4.11. The molecule has 0 bridgehead atoms. The van der Waals surface area contributed by atoms with E-state index < -0.39 is 5.97 Å². The second kappa shape index (κ2) is 10.2. The minimum Gasteiger partial charge on any atom is -0.456 e. The lowest BCUT2D eigenvalue weighted by Gasteiger charge is -2.19. The summed E-state index contributed by atoms with van der Waals surface area (Å²) in [5.74, 6) is -1.17. The van der Waals surface area contributed by atoms with Gasteiger partial charge in [0.15, 0.2) is 0 Å². The fraction of sp³-hybridized carbons (Fsp3) is 0.115. The molecule has 0 aliphatic heterocycles. The van der Waals surface area contributed by atoms with Crippen LogP contribution in [0.15, 0.2) is 84.2 Å². The Morgan fingerprint density at radius 2 is 1.61 bits per heavy atom. The van der Waals surface area contributed by atoms with Gasteiger partial charge in [0.2, 0.25) is 0 Å². The third kappa shape index (κ3) is 5.51. The van der Waals surface area contributed by atoms with Crippen molar-refractivity contribution < 1.29 is 18.7 Å². The number of halogens is 1. The van der Waals surface area contributed by atoms with E-state index >= 15 is 0 Å². The second-order valence-electron chi connectivity index (χ2n) is 7.42. The average Bonchev–Trinajstić information content (AvgIpc) is 3.32. The lowest BCUT2D eigenvalue weighted by atomic mass is 10.1. The normalized spacial score (nSPS) is 10.6. The van der Waals surface area contributed by atoms with Crippen molar-refractivity contribution in [3.8, 4) is 10.6 Å². The first-order valence-corrected chi connectivity index (χ1v) is 11.1. The van der Waals surface area contributed by atoms with Gasteiger partial charge in [-0.3, -0.25) is 4.79 Å². The van der Waals surface area contributed by atoms with Gasteiger partial charge in [-0.25, -0.2) is 14.2 Å². The number of hydrogen-bond acceptors (Lipinski definition) is 5.